The molecule has 0 N–H and O–H groups in total. The SMILES string of the molecule is CN(Cc1cccc(Br)c1)c1nc2ccccc2n1C. The highest BCUT2D eigenvalue weighted by Crippen LogP contribution is 2.22. The Morgan fingerprint density at radius 1 is 1.15 bits per heavy atom. The summed E-state index contributed by atoms with van der Waals surface area (Å²) < 4.78 is 3.24. The van der Waals surface area contributed by atoms with Gasteiger partial charge in [-0.3, -0.25) is 0 Å². The largest absolute Gasteiger partial charge is 0.341 e. The van der Waals surface area contributed by atoms with Crippen molar-refractivity contribution < 1.29 is 0 Å². The molecule has 20 heavy (non-hydrogen) atoms. The number of hydrogen-bond donors (Lipinski definition) is 0. The van der Waals surface area contributed by atoms with Crippen molar-refractivity contribution in [2.75, 3.05) is 11.9 Å². The van der Waals surface area contributed by atoms with E-state index in [0.717, 1.165) is 28.0 Å². The van der Waals surface area contributed by atoms with E-state index in [-0.39, 0.29) is 0 Å². The van der Waals surface area contributed by atoms with E-state index in [1.54, 1.807) is 0 Å². The molecule has 0 saturated carbocycles. The van der Waals surface area contributed by atoms with Crippen LogP contribution in [0.2, 0.25) is 0 Å². The van der Waals surface area contributed by atoms with Gasteiger partial charge in [-0.25, -0.2) is 4.98 Å². The Kier molecular flexibility index (Phi) is 3.49. The molecule has 0 aliphatic rings. The standard InChI is InChI=1S/C16H16BrN3/c1-19(11-12-6-5-7-13(17)10-12)16-18-14-8-3-4-9-15(14)20(16)2/h3-10H,11H2,1-2H3. The summed E-state index contributed by atoms with van der Waals surface area (Å²) in [6.45, 7) is 0.830. The van der Waals surface area contributed by atoms with Gasteiger partial charge in [-0.1, -0.05) is 40.2 Å². The first kappa shape index (κ1) is 13.2. The number of benzene rings is 2. The Balaban J connectivity index is 1.92. The summed E-state index contributed by atoms with van der Waals surface area (Å²) in [5.74, 6) is 0.978. The molecule has 102 valence electrons. The van der Waals surface area contributed by atoms with Crippen LogP contribution in [0.25, 0.3) is 11.0 Å². The zero-order chi connectivity index (χ0) is 14.1. The first-order chi connectivity index (χ1) is 9.65. The molecule has 0 aliphatic carbocycles. The van der Waals surface area contributed by atoms with E-state index in [0.29, 0.717) is 0 Å². The van der Waals surface area contributed by atoms with Gasteiger partial charge in [0.25, 0.3) is 0 Å². The summed E-state index contributed by atoms with van der Waals surface area (Å²) in [6.07, 6.45) is 0. The minimum atomic E-state index is 0.830. The highest BCUT2D eigenvalue weighted by Gasteiger charge is 2.11. The number of hydrogen-bond acceptors (Lipinski definition) is 2. The third kappa shape index (κ3) is 2.43. The number of nitrogens with zero attached hydrogens (tertiary/aromatic N) is 3. The average molecular weight is 330 g/mol. The van der Waals surface area contributed by atoms with Crippen LogP contribution in [-0.2, 0) is 13.6 Å². The first-order valence-corrected chi connectivity index (χ1v) is 7.31. The summed E-state index contributed by atoms with van der Waals surface area (Å²) in [6, 6.07) is 16.6. The van der Waals surface area contributed by atoms with Crippen LogP contribution in [0.15, 0.2) is 53.0 Å². The van der Waals surface area contributed by atoms with Crippen LogP contribution in [0.3, 0.4) is 0 Å². The fourth-order valence-corrected chi connectivity index (χ4v) is 2.90. The molecular formula is C16H16BrN3. The smallest absolute Gasteiger partial charge is 0.206 e. The normalized spacial score (nSPS) is 10.9. The highest BCUT2D eigenvalue weighted by atomic mass is 79.9. The lowest BCUT2D eigenvalue weighted by Gasteiger charge is -2.18. The van der Waals surface area contributed by atoms with E-state index in [9.17, 15) is 0 Å². The number of halogens is 1. The summed E-state index contributed by atoms with van der Waals surface area (Å²) >= 11 is 3.51. The summed E-state index contributed by atoms with van der Waals surface area (Å²) in [5, 5.41) is 0. The molecule has 0 amide bonds. The molecule has 0 atom stereocenters. The minimum Gasteiger partial charge on any atom is -0.341 e. The van der Waals surface area contributed by atoms with Crippen molar-refractivity contribution in [2.45, 2.75) is 6.54 Å². The summed E-state index contributed by atoms with van der Waals surface area (Å²) in [7, 11) is 4.13. The van der Waals surface area contributed by atoms with Gasteiger partial charge in [-0.05, 0) is 29.8 Å². The van der Waals surface area contributed by atoms with Gasteiger partial charge in [0.15, 0.2) is 0 Å². The maximum Gasteiger partial charge on any atom is 0.206 e. The van der Waals surface area contributed by atoms with Gasteiger partial charge < -0.3 is 9.47 Å². The molecular weight excluding hydrogens is 314 g/mol. The molecule has 0 aliphatic heterocycles. The predicted octanol–water partition coefficient (Wildman–Crippen LogP) is 3.97. The van der Waals surface area contributed by atoms with Gasteiger partial charge in [0.1, 0.15) is 0 Å². The molecule has 0 spiro atoms. The Bertz CT molecular complexity index is 748. The number of anilines is 1. The Hall–Kier alpha value is -1.81. The first-order valence-electron chi connectivity index (χ1n) is 6.52. The molecule has 3 rings (SSSR count). The third-order valence-electron chi connectivity index (χ3n) is 3.41. The van der Waals surface area contributed by atoms with Crippen LogP contribution in [0.1, 0.15) is 5.56 Å². The Morgan fingerprint density at radius 3 is 2.70 bits per heavy atom. The molecule has 1 heterocycles. The van der Waals surface area contributed by atoms with Gasteiger partial charge in [0.2, 0.25) is 5.95 Å². The number of aryl methyl sites for hydroxylation is 1. The van der Waals surface area contributed by atoms with Gasteiger partial charge in [0.05, 0.1) is 11.0 Å². The lowest BCUT2D eigenvalue weighted by Crippen LogP contribution is -2.19. The molecule has 0 radical (unpaired) electrons. The number of rotatable bonds is 3. The van der Waals surface area contributed by atoms with Crippen molar-refractivity contribution in [1.29, 1.82) is 0 Å². The van der Waals surface area contributed by atoms with Gasteiger partial charge in [0, 0.05) is 25.1 Å². The zero-order valence-corrected chi connectivity index (χ0v) is 13.1. The summed E-state index contributed by atoms with van der Waals surface area (Å²) in [4.78, 5) is 6.88. The van der Waals surface area contributed by atoms with Crippen molar-refractivity contribution in [1.82, 2.24) is 9.55 Å². The van der Waals surface area contributed by atoms with E-state index >= 15 is 0 Å². The molecule has 3 nitrogen and oxygen atoms in total. The van der Waals surface area contributed by atoms with Crippen LogP contribution in [0, 0.1) is 0 Å². The lowest BCUT2D eigenvalue weighted by molar-refractivity contribution is 0.818. The van der Waals surface area contributed by atoms with E-state index in [2.05, 4.69) is 63.8 Å². The molecule has 0 unspecified atom stereocenters. The number of fused-ring (bicyclic) bond motifs is 1. The third-order valence-corrected chi connectivity index (χ3v) is 3.91. The average Bonchev–Trinajstić information content (AvgIpc) is 2.77. The topological polar surface area (TPSA) is 21.1 Å². The Labute approximate surface area is 127 Å². The van der Waals surface area contributed by atoms with Crippen molar-refractivity contribution in [3.05, 3.63) is 58.6 Å². The van der Waals surface area contributed by atoms with Crippen LogP contribution in [0.5, 0.6) is 0 Å². The van der Waals surface area contributed by atoms with Gasteiger partial charge in [-0.15, -0.1) is 0 Å². The van der Waals surface area contributed by atoms with E-state index in [1.165, 1.54) is 5.56 Å². The number of para-hydroxylation sites is 2. The second-order valence-corrected chi connectivity index (χ2v) is 5.86. The minimum absolute atomic E-state index is 0.830. The zero-order valence-electron chi connectivity index (χ0n) is 11.5. The maximum absolute atomic E-state index is 4.71. The van der Waals surface area contributed by atoms with Gasteiger partial charge in [-0.2, -0.15) is 0 Å². The summed E-state index contributed by atoms with van der Waals surface area (Å²) in [5.41, 5.74) is 3.45. The quantitative estimate of drug-likeness (QED) is 0.724. The van der Waals surface area contributed by atoms with E-state index in [1.807, 2.05) is 24.3 Å². The lowest BCUT2D eigenvalue weighted by atomic mass is 10.2. The van der Waals surface area contributed by atoms with Crippen molar-refractivity contribution >= 4 is 32.9 Å². The fourth-order valence-electron chi connectivity index (χ4n) is 2.45. The van der Waals surface area contributed by atoms with Crippen molar-refractivity contribution in [2.24, 2.45) is 7.05 Å². The van der Waals surface area contributed by atoms with Crippen LogP contribution in [0.4, 0.5) is 5.95 Å². The molecule has 4 heteroatoms. The monoisotopic (exact) mass is 329 g/mol. The van der Waals surface area contributed by atoms with Crippen molar-refractivity contribution in [3.8, 4) is 0 Å². The second kappa shape index (κ2) is 5.29. The van der Waals surface area contributed by atoms with E-state index < -0.39 is 0 Å². The molecule has 1 aromatic heterocycles. The van der Waals surface area contributed by atoms with Crippen molar-refractivity contribution in [3.63, 3.8) is 0 Å². The van der Waals surface area contributed by atoms with Crippen LogP contribution in [-0.4, -0.2) is 16.6 Å². The number of aromatic nitrogens is 2. The number of imidazole rings is 1. The van der Waals surface area contributed by atoms with E-state index in [4.69, 9.17) is 4.98 Å². The highest BCUT2D eigenvalue weighted by molar-refractivity contribution is 9.10. The molecule has 2 aromatic carbocycles. The van der Waals surface area contributed by atoms with Gasteiger partial charge >= 0.3 is 0 Å². The van der Waals surface area contributed by atoms with Crippen LogP contribution >= 0.6 is 15.9 Å². The second-order valence-electron chi connectivity index (χ2n) is 4.95. The molecule has 3 aromatic rings. The van der Waals surface area contributed by atoms with Crippen LogP contribution < -0.4 is 4.90 Å². The Morgan fingerprint density at radius 2 is 1.95 bits per heavy atom. The molecule has 0 bridgehead atoms. The predicted molar refractivity (Wildman–Crippen MR) is 87.0 cm³/mol. The maximum atomic E-state index is 4.71. The molecule has 0 fully saturated rings. The fraction of sp³-hybridized carbons (Fsp3) is 0.188. The molecule has 0 saturated heterocycles.